The summed E-state index contributed by atoms with van der Waals surface area (Å²) in [5.74, 6) is -3.11. The fourth-order valence-electron chi connectivity index (χ4n) is 3.73. The molecule has 0 aliphatic carbocycles. The van der Waals surface area contributed by atoms with Crippen molar-refractivity contribution in [2.45, 2.75) is 17.1 Å². The van der Waals surface area contributed by atoms with Crippen LogP contribution in [-0.4, -0.2) is 34.0 Å². The summed E-state index contributed by atoms with van der Waals surface area (Å²) in [6.45, 7) is 1.71. The number of anilines is 2. The zero-order valence-electron chi connectivity index (χ0n) is 22.3. The van der Waals surface area contributed by atoms with Gasteiger partial charge in [-0.25, -0.2) is 9.18 Å². The number of aromatic carboxylic acids is 1. The van der Waals surface area contributed by atoms with E-state index in [1.54, 1.807) is 67.6 Å². The summed E-state index contributed by atoms with van der Waals surface area (Å²) in [6.07, 6.45) is 1.26. The van der Waals surface area contributed by atoms with Gasteiger partial charge in [-0.2, -0.15) is 0 Å². The van der Waals surface area contributed by atoms with Gasteiger partial charge in [0.1, 0.15) is 11.5 Å². The van der Waals surface area contributed by atoms with Crippen LogP contribution in [0.5, 0.6) is 0 Å². The highest BCUT2D eigenvalue weighted by atomic mass is 32.2. The Morgan fingerprint density at radius 3 is 2.17 bits per heavy atom. The molecule has 4 aromatic rings. The van der Waals surface area contributed by atoms with E-state index >= 15 is 0 Å². The van der Waals surface area contributed by atoms with Gasteiger partial charge in [0, 0.05) is 27.4 Å². The van der Waals surface area contributed by atoms with Crippen LogP contribution in [0.4, 0.5) is 15.8 Å². The van der Waals surface area contributed by atoms with Gasteiger partial charge in [0.15, 0.2) is 0 Å². The van der Waals surface area contributed by atoms with E-state index in [0.29, 0.717) is 21.8 Å². The van der Waals surface area contributed by atoms with Crippen LogP contribution in [0.25, 0.3) is 6.08 Å². The summed E-state index contributed by atoms with van der Waals surface area (Å²) in [6, 6.07) is 26.8. The molecule has 0 spiro atoms. The predicted molar refractivity (Wildman–Crippen MR) is 161 cm³/mol. The van der Waals surface area contributed by atoms with Crippen LogP contribution in [-0.2, 0) is 9.59 Å². The molecule has 0 aromatic heterocycles. The van der Waals surface area contributed by atoms with Crippen molar-refractivity contribution in [3.05, 3.63) is 131 Å². The van der Waals surface area contributed by atoms with Crippen molar-refractivity contribution in [1.82, 2.24) is 5.32 Å². The third-order valence-corrected chi connectivity index (χ3v) is 7.00. The van der Waals surface area contributed by atoms with Crippen molar-refractivity contribution >= 4 is 52.9 Å². The average Bonchev–Trinajstić information content (AvgIpc) is 2.98. The maximum Gasteiger partial charge on any atom is 0.335 e. The smallest absolute Gasteiger partial charge is 0.335 e. The molecular weight excluding hydrogens is 557 g/mol. The summed E-state index contributed by atoms with van der Waals surface area (Å²) in [5.41, 5.74) is 1.26. The average molecular weight is 584 g/mol. The first-order chi connectivity index (χ1) is 20.2. The number of thioether (sulfide) groups is 1. The van der Waals surface area contributed by atoms with Gasteiger partial charge in [-0.15, -0.1) is 11.8 Å². The van der Waals surface area contributed by atoms with E-state index in [1.807, 2.05) is 0 Å². The normalized spacial score (nSPS) is 11.7. The van der Waals surface area contributed by atoms with Gasteiger partial charge in [-0.1, -0.05) is 42.5 Å². The van der Waals surface area contributed by atoms with Gasteiger partial charge in [0.2, 0.25) is 5.91 Å². The van der Waals surface area contributed by atoms with E-state index in [0.717, 1.165) is 0 Å². The lowest BCUT2D eigenvalue weighted by Gasteiger charge is -2.14. The number of carboxylic acids is 1. The summed E-state index contributed by atoms with van der Waals surface area (Å²) in [5, 5.41) is 16.6. The van der Waals surface area contributed by atoms with Gasteiger partial charge in [-0.05, 0) is 73.7 Å². The maximum atomic E-state index is 14.4. The Labute approximate surface area is 245 Å². The number of carboxylic acid groups (broad SMARTS) is 1. The molecule has 4 N–H and O–H groups in total. The monoisotopic (exact) mass is 583 g/mol. The molecule has 4 aromatic carbocycles. The van der Waals surface area contributed by atoms with Crippen LogP contribution in [0.3, 0.4) is 0 Å². The number of hydrogen-bond acceptors (Lipinski definition) is 5. The predicted octanol–water partition coefficient (Wildman–Crippen LogP) is 6.05. The topological polar surface area (TPSA) is 125 Å². The molecule has 1 unspecified atom stereocenters. The van der Waals surface area contributed by atoms with Gasteiger partial charge in [-0.3, -0.25) is 14.4 Å². The van der Waals surface area contributed by atoms with E-state index in [9.17, 15) is 23.6 Å². The van der Waals surface area contributed by atoms with Crippen molar-refractivity contribution < 1.29 is 28.7 Å². The lowest BCUT2D eigenvalue weighted by molar-refractivity contribution is -0.115. The second-order valence-corrected chi connectivity index (χ2v) is 10.4. The SMILES string of the molecule is CC(Sc1cccc(NC(=O)/C(=C/c2ccccc2F)NC(=O)c2ccccc2)c1)C(=O)Nc1ccc(C(=O)O)cc1. The third-order valence-electron chi connectivity index (χ3n) is 5.91. The Bertz CT molecular complexity index is 1640. The molecule has 1 atom stereocenters. The second kappa shape index (κ2) is 13.9. The third kappa shape index (κ3) is 8.15. The lowest BCUT2D eigenvalue weighted by atomic mass is 10.1. The van der Waals surface area contributed by atoms with Crippen molar-refractivity contribution in [3.8, 4) is 0 Å². The molecule has 0 aliphatic rings. The highest BCUT2D eigenvalue weighted by Gasteiger charge is 2.18. The summed E-state index contributed by atoms with van der Waals surface area (Å²) in [7, 11) is 0. The quantitative estimate of drug-likeness (QED) is 0.133. The van der Waals surface area contributed by atoms with E-state index in [-0.39, 0.29) is 22.7 Å². The molecule has 0 bridgehead atoms. The number of carbonyl (C=O) groups is 4. The molecule has 4 rings (SSSR count). The minimum atomic E-state index is -1.06. The number of halogens is 1. The Hall–Kier alpha value is -5.22. The molecule has 42 heavy (non-hydrogen) atoms. The van der Waals surface area contributed by atoms with Crippen molar-refractivity contribution in [2.75, 3.05) is 10.6 Å². The first-order valence-corrected chi connectivity index (χ1v) is 13.6. The summed E-state index contributed by atoms with van der Waals surface area (Å²) >= 11 is 1.25. The zero-order chi connectivity index (χ0) is 30.1. The second-order valence-electron chi connectivity index (χ2n) is 9.01. The lowest BCUT2D eigenvalue weighted by Crippen LogP contribution is -2.30. The molecule has 3 amide bonds. The summed E-state index contributed by atoms with van der Waals surface area (Å²) in [4.78, 5) is 50.5. The largest absolute Gasteiger partial charge is 0.478 e. The van der Waals surface area contributed by atoms with Crippen LogP contribution in [0.1, 0.15) is 33.2 Å². The number of benzene rings is 4. The van der Waals surface area contributed by atoms with Crippen LogP contribution in [0.15, 0.2) is 114 Å². The molecule has 0 saturated carbocycles. The van der Waals surface area contributed by atoms with Gasteiger partial charge >= 0.3 is 5.97 Å². The Balaban J connectivity index is 1.46. The minimum absolute atomic E-state index is 0.112. The van der Waals surface area contributed by atoms with Crippen LogP contribution >= 0.6 is 11.8 Å². The molecule has 10 heteroatoms. The van der Waals surface area contributed by atoms with E-state index in [1.165, 1.54) is 60.3 Å². The number of rotatable bonds is 10. The van der Waals surface area contributed by atoms with Gasteiger partial charge in [0.25, 0.3) is 11.8 Å². The first-order valence-electron chi connectivity index (χ1n) is 12.7. The first kappa shape index (κ1) is 29.8. The Morgan fingerprint density at radius 1 is 0.786 bits per heavy atom. The van der Waals surface area contributed by atoms with E-state index in [4.69, 9.17) is 5.11 Å². The summed E-state index contributed by atoms with van der Waals surface area (Å²) < 4.78 is 14.4. The highest BCUT2D eigenvalue weighted by molar-refractivity contribution is 8.00. The van der Waals surface area contributed by atoms with E-state index in [2.05, 4.69) is 16.0 Å². The molecule has 0 aliphatic heterocycles. The molecular formula is C32H26FN3O5S. The fourth-order valence-corrected chi connectivity index (χ4v) is 4.66. The number of amides is 3. The molecule has 0 fully saturated rings. The standard InChI is InChI=1S/C32H26FN3O5S/c1-20(29(37)34-24-16-14-22(15-17-24)32(40)41)42-26-12-7-11-25(19-26)35-31(39)28(18-23-10-5-6-13-27(23)33)36-30(38)21-8-3-2-4-9-21/h2-20H,1H3,(H,34,37)(H,35,39)(H,36,38)(H,40,41)/b28-18-. The molecule has 0 radical (unpaired) electrons. The van der Waals surface area contributed by atoms with Crippen LogP contribution in [0.2, 0.25) is 0 Å². The Kier molecular flexibility index (Phi) is 9.85. The minimum Gasteiger partial charge on any atom is -0.478 e. The molecule has 0 heterocycles. The van der Waals surface area contributed by atoms with E-state index < -0.39 is 28.9 Å². The maximum absolute atomic E-state index is 14.4. The van der Waals surface area contributed by atoms with Gasteiger partial charge in [0.05, 0.1) is 10.8 Å². The van der Waals surface area contributed by atoms with Crippen LogP contribution < -0.4 is 16.0 Å². The highest BCUT2D eigenvalue weighted by Crippen LogP contribution is 2.27. The van der Waals surface area contributed by atoms with Crippen molar-refractivity contribution in [2.24, 2.45) is 0 Å². The number of hydrogen-bond donors (Lipinski definition) is 4. The fraction of sp³-hybridized carbons (Fsp3) is 0.0625. The zero-order valence-corrected chi connectivity index (χ0v) is 23.2. The van der Waals surface area contributed by atoms with Gasteiger partial charge < -0.3 is 21.1 Å². The van der Waals surface area contributed by atoms with Crippen LogP contribution in [0, 0.1) is 5.82 Å². The molecule has 212 valence electrons. The van der Waals surface area contributed by atoms with Crippen molar-refractivity contribution in [3.63, 3.8) is 0 Å². The molecule has 0 saturated heterocycles. The van der Waals surface area contributed by atoms with Crippen molar-refractivity contribution in [1.29, 1.82) is 0 Å². The number of carbonyl (C=O) groups excluding carboxylic acids is 3. The number of nitrogens with one attached hydrogen (secondary N) is 3. The molecule has 8 nitrogen and oxygen atoms in total. The Morgan fingerprint density at radius 2 is 1.48 bits per heavy atom.